The highest BCUT2D eigenvalue weighted by Crippen LogP contribution is 2.17. The third-order valence-electron chi connectivity index (χ3n) is 4.01. The Hall–Kier alpha value is -2.35. The highest BCUT2D eigenvalue weighted by molar-refractivity contribution is 7.99. The highest BCUT2D eigenvalue weighted by atomic mass is 32.2. The summed E-state index contributed by atoms with van der Waals surface area (Å²) in [5.74, 6) is 2.27. The van der Waals surface area contributed by atoms with Crippen LogP contribution in [0.15, 0.2) is 35.6 Å². The fraction of sp³-hybridized carbons (Fsp3) is 0.412. The predicted octanol–water partition coefficient (Wildman–Crippen LogP) is 1.59. The first-order valence-electron chi connectivity index (χ1n) is 8.29. The van der Waals surface area contributed by atoms with E-state index in [1.54, 1.807) is 12.3 Å². The molecule has 0 aliphatic carbocycles. The first-order chi connectivity index (χ1) is 12.1. The molecule has 0 bridgehead atoms. The van der Waals surface area contributed by atoms with Crippen LogP contribution in [0.3, 0.4) is 0 Å². The van der Waals surface area contributed by atoms with Gasteiger partial charge >= 0.3 is 0 Å². The molecule has 0 atom stereocenters. The van der Waals surface area contributed by atoms with Crippen molar-refractivity contribution < 1.29 is 4.79 Å². The van der Waals surface area contributed by atoms with Crippen LogP contribution in [-0.4, -0.2) is 57.7 Å². The molecule has 3 rings (SSSR count). The number of carbonyl (C=O) groups is 1. The molecule has 2 aromatic heterocycles. The van der Waals surface area contributed by atoms with Crippen LogP contribution >= 0.6 is 11.8 Å². The van der Waals surface area contributed by atoms with Crippen LogP contribution in [0.5, 0.6) is 0 Å². The molecule has 2 aromatic rings. The maximum absolute atomic E-state index is 12.4. The van der Waals surface area contributed by atoms with Crippen LogP contribution in [0.25, 0.3) is 0 Å². The molecule has 0 saturated carbocycles. The molecule has 0 spiro atoms. The average molecular weight is 358 g/mol. The van der Waals surface area contributed by atoms with Gasteiger partial charge in [0.2, 0.25) is 5.91 Å². The van der Waals surface area contributed by atoms with Crippen molar-refractivity contribution in [1.29, 1.82) is 0 Å². The second-order valence-electron chi connectivity index (χ2n) is 5.87. The van der Waals surface area contributed by atoms with E-state index in [0.29, 0.717) is 23.1 Å². The second kappa shape index (κ2) is 8.15. The third-order valence-corrected chi connectivity index (χ3v) is 4.86. The number of nitrogens with two attached hydrogens (primary N) is 1. The molecule has 0 aromatic carbocycles. The van der Waals surface area contributed by atoms with Gasteiger partial charge in [0.25, 0.3) is 0 Å². The van der Waals surface area contributed by atoms with Gasteiger partial charge in [-0.05, 0) is 19.1 Å². The van der Waals surface area contributed by atoms with E-state index in [-0.39, 0.29) is 5.91 Å². The van der Waals surface area contributed by atoms with E-state index in [0.717, 1.165) is 37.7 Å². The van der Waals surface area contributed by atoms with E-state index in [4.69, 9.17) is 5.73 Å². The van der Waals surface area contributed by atoms with Crippen LogP contribution in [0.2, 0.25) is 0 Å². The Bertz CT molecular complexity index is 698. The number of pyridine rings is 1. The lowest BCUT2D eigenvalue weighted by Gasteiger charge is -2.35. The zero-order chi connectivity index (χ0) is 17.6. The van der Waals surface area contributed by atoms with E-state index in [1.165, 1.54) is 11.8 Å². The van der Waals surface area contributed by atoms with Gasteiger partial charge in [0.1, 0.15) is 11.6 Å². The van der Waals surface area contributed by atoms with Gasteiger partial charge in [0.05, 0.1) is 0 Å². The van der Waals surface area contributed by atoms with Crippen molar-refractivity contribution in [2.75, 3.05) is 42.6 Å². The zero-order valence-electron chi connectivity index (χ0n) is 14.3. The SMILES string of the molecule is Cc1cc(N)nc(SCCC(=O)N2CCN(c3ccccn3)CC2)n1. The van der Waals surface area contributed by atoms with Crippen LogP contribution in [0, 0.1) is 6.92 Å². The van der Waals surface area contributed by atoms with Crippen molar-refractivity contribution in [3.05, 3.63) is 36.2 Å². The summed E-state index contributed by atoms with van der Waals surface area (Å²) < 4.78 is 0. The molecule has 1 aliphatic rings. The minimum absolute atomic E-state index is 0.175. The molecule has 7 nitrogen and oxygen atoms in total. The van der Waals surface area contributed by atoms with Crippen molar-refractivity contribution in [2.24, 2.45) is 0 Å². The summed E-state index contributed by atoms with van der Waals surface area (Å²) in [6.07, 6.45) is 2.27. The number of aryl methyl sites for hydroxylation is 1. The molecule has 132 valence electrons. The minimum atomic E-state index is 0.175. The average Bonchev–Trinajstić information content (AvgIpc) is 2.62. The van der Waals surface area contributed by atoms with Gasteiger partial charge < -0.3 is 15.5 Å². The van der Waals surface area contributed by atoms with Gasteiger partial charge in [-0.2, -0.15) is 0 Å². The number of nitrogen functional groups attached to an aromatic ring is 1. The summed E-state index contributed by atoms with van der Waals surface area (Å²) in [6.45, 7) is 4.97. The molecule has 1 aliphatic heterocycles. The number of piperazine rings is 1. The predicted molar refractivity (Wildman–Crippen MR) is 99.6 cm³/mol. The van der Waals surface area contributed by atoms with Crippen molar-refractivity contribution in [3.63, 3.8) is 0 Å². The zero-order valence-corrected chi connectivity index (χ0v) is 15.1. The summed E-state index contributed by atoms with van der Waals surface area (Å²) in [5.41, 5.74) is 6.56. The molecule has 3 heterocycles. The van der Waals surface area contributed by atoms with E-state index < -0.39 is 0 Å². The van der Waals surface area contributed by atoms with E-state index in [9.17, 15) is 4.79 Å². The lowest BCUT2D eigenvalue weighted by Crippen LogP contribution is -2.49. The Kier molecular flexibility index (Phi) is 5.70. The minimum Gasteiger partial charge on any atom is -0.384 e. The highest BCUT2D eigenvalue weighted by Gasteiger charge is 2.21. The number of hydrogen-bond acceptors (Lipinski definition) is 7. The van der Waals surface area contributed by atoms with Crippen molar-refractivity contribution in [2.45, 2.75) is 18.5 Å². The summed E-state index contributed by atoms with van der Waals surface area (Å²) in [6, 6.07) is 7.63. The number of thioether (sulfide) groups is 1. The molecular weight excluding hydrogens is 336 g/mol. The lowest BCUT2D eigenvalue weighted by molar-refractivity contribution is -0.131. The number of amides is 1. The van der Waals surface area contributed by atoms with Crippen LogP contribution in [0.4, 0.5) is 11.6 Å². The first kappa shape index (κ1) is 17.5. The van der Waals surface area contributed by atoms with Gasteiger partial charge in [-0.15, -0.1) is 0 Å². The smallest absolute Gasteiger partial charge is 0.223 e. The first-order valence-corrected chi connectivity index (χ1v) is 9.28. The molecule has 2 N–H and O–H groups in total. The number of aromatic nitrogens is 3. The molecule has 25 heavy (non-hydrogen) atoms. The Balaban J connectivity index is 1.43. The monoisotopic (exact) mass is 358 g/mol. The van der Waals surface area contributed by atoms with Crippen LogP contribution in [0.1, 0.15) is 12.1 Å². The normalized spacial score (nSPS) is 14.6. The van der Waals surface area contributed by atoms with Gasteiger partial charge in [-0.25, -0.2) is 15.0 Å². The maximum Gasteiger partial charge on any atom is 0.223 e. The molecule has 1 saturated heterocycles. The standard InChI is InChI=1S/C17H22N6OS/c1-13-12-14(18)21-17(20-13)25-11-5-16(24)23-9-7-22(8-10-23)15-4-2-3-6-19-15/h2-4,6,12H,5,7-11H2,1H3,(H2,18,20,21). The van der Waals surface area contributed by atoms with Gasteiger partial charge in [-0.3, -0.25) is 4.79 Å². The molecule has 0 unspecified atom stereocenters. The van der Waals surface area contributed by atoms with Crippen LogP contribution in [-0.2, 0) is 4.79 Å². The molecule has 1 fully saturated rings. The van der Waals surface area contributed by atoms with Gasteiger partial charge in [-0.1, -0.05) is 17.8 Å². The van der Waals surface area contributed by atoms with Gasteiger partial charge in [0.15, 0.2) is 5.16 Å². The largest absolute Gasteiger partial charge is 0.384 e. The maximum atomic E-state index is 12.4. The Morgan fingerprint density at radius 2 is 2.04 bits per heavy atom. The summed E-state index contributed by atoms with van der Waals surface area (Å²) in [5, 5.41) is 0.630. The van der Waals surface area contributed by atoms with Crippen molar-refractivity contribution in [1.82, 2.24) is 19.9 Å². The van der Waals surface area contributed by atoms with E-state index >= 15 is 0 Å². The number of nitrogens with zero attached hydrogens (tertiary/aromatic N) is 5. The number of rotatable bonds is 5. The van der Waals surface area contributed by atoms with E-state index in [1.807, 2.05) is 30.0 Å². The molecular formula is C17H22N6OS. The number of anilines is 2. The topological polar surface area (TPSA) is 88.2 Å². The van der Waals surface area contributed by atoms with Crippen LogP contribution < -0.4 is 10.6 Å². The third kappa shape index (κ3) is 4.82. The number of hydrogen-bond donors (Lipinski definition) is 1. The fourth-order valence-electron chi connectivity index (χ4n) is 2.74. The Morgan fingerprint density at radius 3 is 2.72 bits per heavy atom. The van der Waals surface area contributed by atoms with Gasteiger partial charge in [0, 0.05) is 56.3 Å². The Morgan fingerprint density at radius 1 is 1.24 bits per heavy atom. The Labute approximate surface area is 151 Å². The van der Waals surface area contributed by atoms with Crippen molar-refractivity contribution in [3.8, 4) is 0 Å². The lowest BCUT2D eigenvalue weighted by atomic mass is 10.3. The summed E-state index contributed by atoms with van der Waals surface area (Å²) in [4.78, 5) is 29.4. The molecule has 0 radical (unpaired) electrons. The summed E-state index contributed by atoms with van der Waals surface area (Å²) in [7, 11) is 0. The van der Waals surface area contributed by atoms with E-state index in [2.05, 4.69) is 19.9 Å². The molecule has 8 heteroatoms. The fourth-order valence-corrected chi connectivity index (χ4v) is 3.58. The second-order valence-corrected chi connectivity index (χ2v) is 6.93. The van der Waals surface area contributed by atoms with Crippen molar-refractivity contribution >= 4 is 29.3 Å². The number of carbonyl (C=O) groups excluding carboxylic acids is 1. The molecule has 1 amide bonds. The summed E-state index contributed by atoms with van der Waals surface area (Å²) >= 11 is 1.47. The quantitative estimate of drug-likeness (QED) is 0.641.